The minimum atomic E-state index is -0.742. The molecule has 0 radical (unpaired) electrons. The van der Waals surface area contributed by atoms with Gasteiger partial charge in [0.15, 0.2) is 0 Å². The van der Waals surface area contributed by atoms with Crippen molar-refractivity contribution in [3.63, 3.8) is 0 Å². The number of amides is 1. The smallest absolute Gasteiger partial charge is 0.405 e. The van der Waals surface area contributed by atoms with Crippen molar-refractivity contribution in [2.24, 2.45) is 23.5 Å². The maximum atomic E-state index is 11.5. The molecule has 4 aliphatic carbocycles. The summed E-state index contributed by atoms with van der Waals surface area (Å²) in [5.41, 5.74) is 6.33. The highest BCUT2D eigenvalue weighted by Crippen LogP contribution is 2.67. The van der Waals surface area contributed by atoms with Crippen molar-refractivity contribution in [2.75, 3.05) is 0 Å². The fourth-order valence-corrected chi connectivity index (χ4v) is 7.12. The van der Waals surface area contributed by atoms with Gasteiger partial charge in [0.25, 0.3) is 0 Å². The molecular formula is C18H21Cl2NO2. The summed E-state index contributed by atoms with van der Waals surface area (Å²) >= 11 is 13.9. The molecule has 1 amide bonds. The number of alkyl halides is 2. The van der Waals surface area contributed by atoms with E-state index in [2.05, 4.69) is 0 Å². The van der Waals surface area contributed by atoms with Gasteiger partial charge in [-0.15, -0.1) is 23.2 Å². The molecule has 1 aromatic rings. The molecule has 5 rings (SSSR count). The molecule has 0 spiro atoms. The van der Waals surface area contributed by atoms with Crippen LogP contribution in [0.5, 0.6) is 0 Å². The van der Waals surface area contributed by atoms with Gasteiger partial charge in [0.05, 0.1) is 4.87 Å². The number of benzene rings is 1. The van der Waals surface area contributed by atoms with E-state index < -0.39 is 17.1 Å². The average Bonchev–Trinajstić information content (AvgIpc) is 2.43. The molecule has 23 heavy (non-hydrogen) atoms. The zero-order chi connectivity index (χ0) is 16.2. The summed E-state index contributed by atoms with van der Waals surface area (Å²) < 4.78 is 5.57. The van der Waals surface area contributed by atoms with Gasteiger partial charge in [-0.05, 0) is 49.5 Å². The van der Waals surface area contributed by atoms with Crippen molar-refractivity contribution < 1.29 is 9.53 Å². The molecule has 0 aliphatic heterocycles. The average molecular weight is 354 g/mol. The van der Waals surface area contributed by atoms with Crippen LogP contribution >= 0.6 is 23.2 Å². The molecule has 4 fully saturated rings. The minimum absolute atomic E-state index is 0.0718. The van der Waals surface area contributed by atoms with E-state index in [0.29, 0.717) is 11.8 Å². The summed E-state index contributed by atoms with van der Waals surface area (Å²) in [4.78, 5) is 10.9. The minimum Gasteiger partial charge on any atom is -0.441 e. The van der Waals surface area contributed by atoms with E-state index in [1.165, 1.54) is 0 Å². The van der Waals surface area contributed by atoms with Gasteiger partial charge in [-0.3, -0.25) is 0 Å². The van der Waals surface area contributed by atoms with Gasteiger partial charge >= 0.3 is 6.09 Å². The predicted molar refractivity (Wildman–Crippen MR) is 90.6 cm³/mol. The second-order valence-corrected chi connectivity index (χ2v) is 9.18. The van der Waals surface area contributed by atoms with E-state index in [-0.39, 0.29) is 10.8 Å². The van der Waals surface area contributed by atoms with Crippen molar-refractivity contribution in [3.05, 3.63) is 35.9 Å². The topological polar surface area (TPSA) is 52.3 Å². The summed E-state index contributed by atoms with van der Waals surface area (Å²) in [6.07, 6.45) is 3.75. The number of carbonyl (C=O) groups excluding carboxylic acids is 1. The lowest BCUT2D eigenvalue weighted by Crippen LogP contribution is -2.61. The van der Waals surface area contributed by atoms with Crippen LogP contribution in [0.15, 0.2) is 30.3 Å². The van der Waals surface area contributed by atoms with Crippen LogP contribution in [-0.2, 0) is 4.74 Å². The summed E-state index contributed by atoms with van der Waals surface area (Å²) in [7, 11) is 0. The van der Waals surface area contributed by atoms with Gasteiger partial charge in [0.2, 0.25) is 0 Å². The fraction of sp³-hybridized carbons (Fsp3) is 0.611. The Kier molecular flexibility index (Phi) is 3.58. The van der Waals surface area contributed by atoms with Gasteiger partial charge in [-0.2, -0.15) is 0 Å². The van der Waals surface area contributed by atoms with Gasteiger partial charge < -0.3 is 10.5 Å². The van der Waals surface area contributed by atoms with Crippen LogP contribution in [-0.4, -0.2) is 15.8 Å². The lowest BCUT2D eigenvalue weighted by Gasteiger charge is -2.62. The lowest BCUT2D eigenvalue weighted by molar-refractivity contribution is -0.0707. The first-order valence-corrected chi connectivity index (χ1v) is 9.03. The van der Waals surface area contributed by atoms with Crippen LogP contribution in [0, 0.1) is 17.8 Å². The van der Waals surface area contributed by atoms with E-state index in [9.17, 15) is 4.79 Å². The maximum absolute atomic E-state index is 11.5. The predicted octanol–water partition coefficient (Wildman–Crippen LogP) is 4.62. The standard InChI is InChI=1S/C18H21Cl2NO2/c19-17-7-11-6-13(9-17)14(18(20,8-11)10-17)15(23-16(21)22)12-4-2-1-3-5-12/h1-5,11,13-15H,6-10H2,(H2,21,22)/t11-,13+,14-,15?,17+,18+/m1/s1. The molecule has 5 heteroatoms. The number of rotatable bonds is 3. The Bertz CT molecular complexity index is 625. The molecular weight excluding hydrogens is 333 g/mol. The number of carbonyl (C=O) groups is 1. The highest BCUT2D eigenvalue weighted by atomic mass is 35.5. The summed E-state index contributed by atoms with van der Waals surface area (Å²) in [5.74, 6) is 1.05. The molecule has 3 nitrogen and oxygen atoms in total. The SMILES string of the molecule is NC(=O)OC(c1ccccc1)[C@H]1[C@H]2C[C@@H]3C[C@](Cl)(C2)C[C@@]1(Cl)C3. The van der Waals surface area contributed by atoms with Gasteiger partial charge in [0, 0.05) is 10.8 Å². The first kappa shape index (κ1) is 15.6. The number of ether oxygens (including phenoxy) is 1. The van der Waals surface area contributed by atoms with Crippen LogP contribution in [0.3, 0.4) is 0 Å². The highest BCUT2D eigenvalue weighted by Gasteiger charge is 2.63. The van der Waals surface area contributed by atoms with Crippen molar-refractivity contribution >= 4 is 29.3 Å². The fourth-order valence-electron chi connectivity index (χ4n) is 5.63. The Morgan fingerprint density at radius 1 is 1.22 bits per heavy atom. The lowest BCUT2D eigenvalue weighted by atomic mass is 9.49. The van der Waals surface area contributed by atoms with Crippen LogP contribution in [0.1, 0.15) is 43.8 Å². The van der Waals surface area contributed by atoms with E-state index in [1.807, 2.05) is 30.3 Å². The molecule has 4 saturated carbocycles. The zero-order valence-corrected chi connectivity index (χ0v) is 14.4. The van der Waals surface area contributed by atoms with E-state index in [1.54, 1.807) is 0 Å². The third-order valence-electron chi connectivity index (χ3n) is 5.96. The number of primary amides is 1. The normalized spacial score (nSPS) is 42.4. The second-order valence-electron chi connectivity index (χ2n) is 7.63. The molecule has 2 N–H and O–H groups in total. The van der Waals surface area contributed by atoms with Gasteiger partial charge in [-0.25, -0.2) is 4.79 Å². The third-order valence-corrected chi connectivity index (χ3v) is 6.94. The van der Waals surface area contributed by atoms with Crippen LogP contribution in [0.25, 0.3) is 0 Å². The number of halogens is 2. The van der Waals surface area contributed by atoms with Crippen LogP contribution in [0.4, 0.5) is 4.79 Å². The summed E-state index contributed by atoms with van der Waals surface area (Å²) in [5, 5.41) is 0. The third kappa shape index (κ3) is 2.62. The Morgan fingerprint density at radius 2 is 1.96 bits per heavy atom. The molecule has 6 atom stereocenters. The first-order chi connectivity index (χ1) is 10.9. The van der Waals surface area contributed by atoms with E-state index >= 15 is 0 Å². The molecule has 0 heterocycles. The van der Waals surface area contributed by atoms with Crippen molar-refractivity contribution in [1.29, 1.82) is 0 Å². The summed E-state index contributed by atoms with van der Waals surface area (Å²) in [6, 6.07) is 9.82. The number of hydrogen-bond acceptors (Lipinski definition) is 2. The number of hydrogen-bond donors (Lipinski definition) is 1. The Morgan fingerprint density at radius 3 is 2.57 bits per heavy atom. The van der Waals surface area contributed by atoms with Crippen LogP contribution < -0.4 is 5.73 Å². The second kappa shape index (κ2) is 5.29. The van der Waals surface area contributed by atoms with Crippen molar-refractivity contribution in [3.8, 4) is 0 Å². The highest BCUT2D eigenvalue weighted by molar-refractivity contribution is 6.28. The van der Waals surface area contributed by atoms with Crippen LogP contribution in [0.2, 0.25) is 0 Å². The Hall–Kier alpha value is -0.930. The largest absolute Gasteiger partial charge is 0.441 e. The molecule has 0 aromatic heterocycles. The molecule has 1 aromatic carbocycles. The Balaban J connectivity index is 1.73. The molecule has 1 unspecified atom stereocenters. The molecule has 0 saturated heterocycles. The molecule has 124 valence electrons. The molecule has 4 bridgehead atoms. The van der Waals surface area contributed by atoms with E-state index in [0.717, 1.165) is 37.7 Å². The first-order valence-electron chi connectivity index (χ1n) is 8.27. The summed E-state index contributed by atoms with van der Waals surface area (Å²) in [6.45, 7) is 0. The Labute approximate surface area is 146 Å². The number of nitrogens with two attached hydrogens (primary N) is 1. The van der Waals surface area contributed by atoms with Crippen molar-refractivity contribution in [1.82, 2.24) is 0 Å². The molecule has 4 aliphatic rings. The zero-order valence-electron chi connectivity index (χ0n) is 12.9. The monoisotopic (exact) mass is 353 g/mol. The van der Waals surface area contributed by atoms with Gasteiger partial charge in [0.1, 0.15) is 6.10 Å². The van der Waals surface area contributed by atoms with E-state index in [4.69, 9.17) is 33.7 Å². The van der Waals surface area contributed by atoms with Crippen molar-refractivity contribution in [2.45, 2.75) is 48.0 Å². The van der Waals surface area contributed by atoms with Gasteiger partial charge in [-0.1, -0.05) is 30.3 Å². The maximum Gasteiger partial charge on any atom is 0.405 e. The quantitative estimate of drug-likeness (QED) is 0.806.